The summed E-state index contributed by atoms with van der Waals surface area (Å²) in [6, 6.07) is 18.5. The van der Waals surface area contributed by atoms with Gasteiger partial charge in [-0.05, 0) is 53.6 Å². The van der Waals surface area contributed by atoms with Crippen molar-refractivity contribution in [2.75, 3.05) is 6.54 Å². The number of hydrogen-bond acceptors (Lipinski definition) is 4. The topological polar surface area (TPSA) is 78.8 Å². The van der Waals surface area contributed by atoms with Crippen molar-refractivity contribution in [2.45, 2.75) is 11.4 Å². The zero-order valence-electron chi connectivity index (χ0n) is 16.6. The van der Waals surface area contributed by atoms with Crippen molar-refractivity contribution in [3.05, 3.63) is 99.2 Å². The molecule has 0 fully saturated rings. The molecule has 3 aromatic rings. The summed E-state index contributed by atoms with van der Waals surface area (Å²) >= 11 is 9.48. The average Bonchev–Trinajstić information content (AvgIpc) is 2.75. The van der Waals surface area contributed by atoms with Crippen LogP contribution in [0, 0.1) is 5.82 Å². The second-order valence-corrected chi connectivity index (χ2v) is 9.93. The first-order valence-corrected chi connectivity index (χ1v) is 11.9. The maximum atomic E-state index is 13.2. The van der Waals surface area contributed by atoms with Gasteiger partial charge >= 0.3 is 0 Å². The molecule has 0 radical (unpaired) electrons. The fraction of sp³-hybridized carbons (Fsp3) is 0.0909. The van der Waals surface area contributed by atoms with E-state index in [1.54, 1.807) is 42.5 Å². The fourth-order valence-electron chi connectivity index (χ4n) is 2.76. The first kappa shape index (κ1) is 24.1. The number of hydrogen-bond donors (Lipinski definition) is 1. The second-order valence-electron chi connectivity index (χ2n) is 6.67. The second kappa shape index (κ2) is 10.8. The van der Waals surface area contributed by atoms with Gasteiger partial charge in [-0.2, -0.15) is 9.41 Å². The van der Waals surface area contributed by atoms with Crippen LogP contribution in [0.5, 0.6) is 0 Å². The van der Waals surface area contributed by atoms with E-state index in [4.69, 9.17) is 11.6 Å². The molecule has 0 heterocycles. The Morgan fingerprint density at radius 3 is 2.50 bits per heavy atom. The first-order chi connectivity index (χ1) is 15.3. The lowest BCUT2D eigenvalue weighted by atomic mass is 10.2. The standard InChI is InChI=1S/C22H18BrClFN3O3S/c23-18-8-10-20(11-9-18)32(30,31)28(14-17-5-1-2-7-21(17)24)15-22(29)27-26-13-16-4-3-6-19(25)12-16/h1-13H,14-15H2,(H,27,29)/b26-13+. The van der Waals surface area contributed by atoms with Gasteiger partial charge in [0.15, 0.2) is 0 Å². The Morgan fingerprint density at radius 2 is 1.81 bits per heavy atom. The van der Waals surface area contributed by atoms with Crippen LogP contribution >= 0.6 is 27.5 Å². The van der Waals surface area contributed by atoms with Gasteiger partial charge in [-0.3, -0.25) is 4.79 Å². The molecular formula is C22H18BrClFN3O3S. The number of halogens is 3. The molecule has 1 amide bonds. The van der Waals surface area contributed by atoms with Gasteiger partial charge in [-0.1, -0.05) is 57.9 Å². The summed E-state index contributed by atoms with van der Waals surface area (Å²) in [5.74, 6) is -1.10. The number of rotatable bonds is 8. The highest BCUT2D eigenvalue weighted by atomic mass is 79.9. The molecule has 3 rings (SSSR count). The maximum Gasteiger partial charge on any atom is 0.255 e. The van der Waals surface area contributed by atoms with E-state index in [0.717, 1.165) is 8.78 Å². The number of nitrogens with one attached hydrogen (secondary N) is 1. The predicted molar refractivity (Wildman–Crippen MR) is 125 cm³/mol. The number of carbonyl (C=O) groups is 1. The molecule has 1 N–H and O–H groups in total. The van der Waals surface area contributed by atoms with Crippen LogP contribution in [0.2, 0.25) is 5.02 Å². The molecule has 0 aliphatic rings. The zero-order chi connectivity index (χ0) is 23.1. The number of sulfonamides is 1. The quantitative estimate of drug-likeness (QED) is 0.337. The highest BCUT2D eigenvalue weighted by molar-refractivity contribution is 9.10. The van der Waals surface area contributed by atoms with Gasteiger partial charge in [-0.25, -0.2) is 18.2 Å². The van der Waals surface area contributed by atoms with Crippen molar-refractivity contribution in [3.63, 3.8) is 0 Å². The van der Waals surface area contributed by atoms with Crippen LogP contribution in [0.4, 0.5) is 4.39 Å². The van der Waals surface area contributed by atoms with Crippen LogP contribution in [0.1, 0.15) is 11.1 Å². The molecule has 6 nitrogen and oxygen atoms in total. The van der Waals surface area contributed by atoms with Gasteiger partial charge in [-0.15, -0.1) is 0 Å². The summed E-state index contributed by atoms with van der Waals surface area (Å²) in [6.45, 7) is -0.608. The van der Waals surface area contributed by atoms with E-state index in [9.17, 15) is 17.6 Å². The molecule has 10 heteroatoms. The summed E-state index contributed by atoms with van der Waals surface area (Å²) in [4.78, 5) is 12.5. The minimum Gasteiger partial charge on any atom is -0.272 e. The Kier molecular flexibility index (Phi) is 8.14. The van der Waals surface area contributed by atoms with Crippen molar-refractivity contribution < 1.29 is 17.6 Å². The number of hydrazone groups is 1. The van der Waals surface area contributed by atoms with Gasteiger partial charge in [0.1, 0.15) is 5.82 Å². The smallest absolute Gasteiger partial charge is 0.255 e. The third-order valence-corrected chi connectivity index (χ3v) is 7.03. The Hall–Kier alpha value is -2.59. The molecule has 3 aromatic carbocycles. The first-order valence-electron chi connectivity index (χ1n) is 9.32. The largest absolute Gasteiger partial charge is 0.272 e. The molecule has 0 atom stereocenters. The molecule has 0 spiro atoms. The van der Waals surface area contributed by atoms with Crippen LogP contribution < -0.4 is 5.43 Å². The highest BCUT2D eigenvalue weighted by Crippen LogP contribution is 2.23. The van der Waals surface area contributed by atoms with Crippen LogP contribution in [0.15, 0.2) is 87.3 Å². The molecular weight excluding hydrogens is 521 g/mol. The van der Waals surface area contributed by atoms with Gasteiger partial charge in [0, 0.05) is 16.0 Å². The summed E-state index contributed by atoms with van der Waals surface area (Å²) in [5.41, 5.74) is 3.27. The molecule has 0 saturated carbocycles. The van der Waals surface area contributed by atoms with Crippen molar-refractivity contribution in [1.29, 1.82) is 0 Å². The van der Waals surface area contributed by atoms with Gasteiger partial charge in [0.2, 0.25) is 10.0 Å². The Balaban J connectivity index is 1.81. The van der Waals surface area contributed by atoms with Crippen molar-refractivity contribution in [1.82, 2.24) is 9.73 Å². The molecule has 0 aliphatic carbocycles. The fourth-order valence-corrected chi connectivity index (χ4v) is 4.59. The highest BCUT2D eigenvalue weighted by Gasteiger charge is 2.27. The van der Waals surface area contributed by atoms with Crippen molar-refractivity contribution in [3.8, 4) is 0 Å². The van der Waals surface area contributed by atoms with Gasteiger partial charge in [0.25, 0.3) is 5.91 Å². The van der Waals surface area contributed by atoms with E-state index < -0.39 is 28.3 Å². The molecule has 0 bridgehead atoms. The molecule has 166 valence electrons. The van der Waals surface area contributed by atoms with Crippen molar-refractivity contribution >= 4 is 49.7 Å². The molecule has 0 aliphatic heterocycles. The summed E-state index contributed by atoms with van der Waals surface area (Å²) in [6.07, 6.45) is 1.27. The monoisotopic (exact) mass is 537 g/mol. The van der Waals surface area contributed by atoms with Gasteiger partial charge < -0.3 is 0 Å². The number of amides is 1. The number of carbonyl (C=O) groups excluding carboxylic acids is 1. The number of nitrogens with zero attached hydrogens (tertiary/aromatic N) is 2. The average molecular weight is 539 g/mol. The Morgan fingerprint density at radius 1 is 1.09 bits per heavy atom. The molecule has 32 heavy (non-hydrogen) atoms. The summed E-state index contributed by atoms with van der Waals surface area (Å²) < 4.78 is 41.5. The summed E-state index contributed by atoms with van der Waals surface area (Å²) in [5, 5.41) is 4.16. The van der Waals surface area contributed by atoms with E-state index in [1.807, 2.05) is 0 Å². The molecule has 0 aromatic heterocycles. The van der Waals surface area contributed by atoms with E-state index >= 15 is 0 Å². The molecule has 0 unspecified atom stereocenters. The van der Waals surface area contributed by atoms with Gasteiger partial charge in [0.05, 0.1) is 17.7 Å². The lowest BCUT2D eigenvalue weighted by Crippen LogP contribution is -2.39. The Bertz CT molecular complexity index is 1240. The predicted octanol–water partition coefficient (Wildman–Crippen LogP) is 4.58. The van der Waals surface area contributed by atoms with E-state index in [1.165, 1.54) is 36.5 Å². The lowest BCUT2D eigenvalue weighted by Gasteiger charge is -2.22. The van der Waals surface area contributed by atoms with E-state index in [0.29, 0.717) is 16.1 Å². The van der Waals surface area contributed by atoms with E-state index in [-0.39, 0.29) is 11.4 Å². The van der Waals surface area contributed by atoms with Crippen molar-refractivity contribution in [2.24, 2.45) is 5.10 Å². The van der Waals surface area contributed by atoms with Crippen LogP contribution in [-0.4, -0.2) is 31.4 Å². The van der Waals surface area contributed by atoms with Crippen LogP contribution in [-0.2, 0) is 21.4 Å². The molecule has 0 saturated heterocycles. The van der Waals surface area contributed by atoms with E-state index in [2.05, 4.69) is 26.5 Å². The minimum absolute atomic E-state index is 0.0313. The maximum absolute atomic E-state index is 13.2. The minimum atomic E-state index is -4.02. The number of benzene rings is 3. The SMILES string of the molecule is O=C(CN(Cc1ccccc1Cl)S(=O)(=O)c1ccc(Br)cc1)N/N=C/c1cccc(F)c1. The Labute approximate surface area is 198 Å². The summed E-state index contributed by atoms with van der Waals surface area (Å²) in [7, 11) is -4.02. The van der Waals surface area contributed by atoms with Crippen LogP contribution in [0.3, 0.4) is 0 Å². The third-order valence-electron chi connectivity index (χ3n) is 4.33. The third kappa shape index (κ3) is 6.46. The normalized spacial score (nSPS) is 11.8. The lowest BCUT2D eigenvalue weighted by molar-refractivity contribution is -0.121. The van der Waals surface area contributed by atoms with Crippen LogP contribution in [0.25, 0.3) is 0 Å². The zero-order valence-corrected chi connectivity index (χ0v) is 19.7.